The average Bonchev–Trinajstić information content (AvgIpc) is 2.78. The maximum Gasteiger partial charge on any atom is 0.547 e. The van der Waals surface area contributed by atoms with Gasteiger partial charge in [-0.25, -0.2) is 9.59 Å². The van der Waals surface area contributed by atoms with Crippen molar-refractivity contribution in [2.45, 2.75) is 51.1 Å². The molecule has 2 aliphatic rings. The Kier molecular flexibility index (Phi) is 8.67. The molecular formula is C21H26BNO10. The van der Waals surface area contributed by atoms with E-state index < -0.39 is 32.0 Å². The monoisotopic (exact) mass is 463 g/mol. The third-order valence-electron chi connectivity index (χ3n) is 5.19. The highest BCUT2D eigenvalue weighted by Crippen LogP contribution is 2.30. The van der Waals surface area contributed by atoms with Crippen LogP contribution in [0.2, 0.25) is 0 Å². The van der Waals surface area contributed by atoms with E-state index in [1.165, 1.54) is 13.0 Å². The normalized spacial score (nSPS) is 17.9. The van der Waals surface area contributed by atoms with E-state index in [-0.39, 0.29) is 48.4 Å². The topological polar surface area (TPSA) is 147 Å². The van der Waals surface area contributed by atoms with Crippen LogP contribution in [0.4, 0.5) is 4.79 Å². The molecule has 1 amide bonds. The van der Waals surface area contributed by atoms with Crippen LogP contribution in [0.3, 0.4) is 0 Å². The summed E-state index contributed by atoms with van der Waals surface area (Å²) in [5.74, 6) is -1.94. The molecule has 1 atom stereocenters. The van der Waals surface area contributed by atoms with Gasteiger partial charge in [0.1, 0.15) is 23.2 Å². The average molecular weight is 463 g/mol. The van der Waals surface area contributed by atoms with Gasteiger partial charge in [0.2, 0.25) is 12.7 Å². The molecule has 0 radical (unpaired) electrons. The lowest BCUT2D eigenvalue weighted by atomic mass is 9.72. The first-order valence-electron chi connectivity index (χ1n) is 10.7. The van der Waals surface area contributed by atoms with Crippen LogP contribution >= 0.6 is 0 Å². The molecule has 2 heterocycles. The lowest BCUT2D eigenvalue weighted by Crippen LogP contribution is -2.53. The quantitative estimate of drug-likeness (QED) is 0.324. The minimum Gasteiger partial charge on any atom is -0.534 e. The number of carbonyl (C=O) groups excluding carboxylic acids is 4. The molecule has 0 aromatic heterocycles. The lowest BCUT2D eigenvalue weighted by Gasteiger charge is -2.29. The van der Waals surface area contributed by atoms with Gasteiger partial charge in [0, 0.05) is 25.7 Å². The number of hydrogen-bond acceptors (Lipinski definition) is 10. The molecule has 1 saturated heterocycles. The first-order chi connectivity index (χ1) is 15.8. The van der Waals surface area contributed by atoms with Crippen molar-refractivity contribution in [2.24, 2.45) is 0 Å². The summed E-state index contributed by atoms with van der Waals surface area (Å²) >= 11 is 0. The van der Waals surface area contributed by atoms with Crippen LogP contribution in [-0.4, -0.2) is 68.0 Å². The first kappa shape index (κ1) is 24.5. The summed E-state index contributed by atoms with van der Waals surface area (Å²) in [5, 5.41) is 12.9. The highest BCUT2D eigenvalue weighted by atomic mass is 16.8. The molecule has 0 unspecified atom stereocenters. The molecule has 178 valence electrons. The number of rotatable bonds is 8. The van der Waals surface area contributed by atoms with Gasteiger partial charge >= 0.3 is 19.2 Å². The van der Waals surface area contributed by atoms with Crippen molar-refractivity contribution < 1.29 is 47.8 Å². The van der Waals surface area contributed by atoms with E-state index >= 15 is 0 Å². The van der Waals surface area contributed by atoms with Crippen molar-refractivity contribution in [3.05, 3.63) is 29.3 Å². The standard InChI is InChI=1S/C21H26BNO10/c1-13(24)5-6-18(25)23-17-11-14-3-2-4-16(19(14)33-22(17)28)20(26)30-12-31-21(27)32-15-7-9-29-10-8-15/h2-4,15,17,28H,5-12H2,1H3,(H,23,25)/t17-/m0/s1. The Hall–Kier alpha value is -3.12. The van der Waals surface area contributed by atoms with Gasteiger partial charge in [-0.05, 0) is 25.0 Å². The second kappa shape index (κ2) is 11.7. The van der Waals surface area contributed by atoms with Gasteiger partial charge in [-0.15, -0.1) is 0 Å². The number of benzene rings is 1. The van der Waals surface area contributed by atoms with Crippen LogP contribution < -0.4 is 9.97 Å². The molecule has 3 rings (SSSR count). The van der Waals surface area contributed by atoms with E-state index in [9.17, 15) is 24.2 Å². The van der Waals surface area contributed by atoms with Crippen molar-refractivity contribution in [1.82, 2.24) is 5.32 Å². The lowest BCUT2D eigenvalue weighted by molar-refractivity contribution is -0.124. The Morgan fingerprint density at radius 1 is 1.15 bits per heavy atom. The van der Waals surface area contributed by atoms with Gasteiger partial charge in [-0.2, -0.15) is 0 Å². The fraction of sp³-hybridized carbons (Fsp3) is 0.524. The second-order valence-corrected chi connectivity index (χ2v) is 7.76. The zero-order chi connectivity index (χ0) is 23.8. The minimum atomic E-state index is -1.40. The molecule has 0 bridgehead atoms. The summed E-state index contributed by atoms with van der Waals surface area (Å²) in [5.41, 5.74) is 0.612. The maximum absolute atomic E-state index is 12.5. The molecule has 33 heavy (non-hydrogen) atoms. The van der Waals surface area contributed by atoms with Gasteiger partial charge in [-0.1, -0.05) is 12.1 Å². The third kappa shape index (κ3) is 7.19. The molecule has 11 nitrogen and oxygen atoms in total. The molecule has 12 heteroatoms. The van der Waals surface area contributed by atoms with Crippen molar-refractivity contribution in [1.29, 1.82) is 0 Å². The summed E-state index contributed by atoms with van der Waals surface area (Å²) < 4.78 is 25.6. The fourth-order valence-corrected chi connectivity index (χ4v) is 3.45. The Morgan fingerprint density at radius 2 is 1.91 bits per heavy atom. The van der Waals surface area contributed by atoms with Crippen LogP contribution in [0.15, 0.2) is 18.2 Å². The van der Waals surface area contributed by atoms with Crippen LogP contribution in [-0.2, 0) is 35.0 Å². The third-order valence-corrected chi connectivity index (χ3v) is 5.19. The number of amides is 1. The van der Waals surface area contributed by atoms with E-state index in [0.29, 0.717) is 31.6 Å². The van der Waals surface area contributed by atoms with Crippen LogP contribution in [0.25, 0.3) is 0 Å². The largest absolute Gasteiger partial charge is 0.547 e. The number of carbonyl (C=O) groups is 4. The van der Waals surface area contributed by atoms with Crippen molar-refractivity contribution in [3.8, 4) is 5.75 Å². The zero-order valence-corrected chi connectivity index (χ0v) is 18.2. The van der Waals surface area contributed by atoms with E-state index in [4.69, 9.17) is 23.6 Å². The number of fused-ring (bicyclic) bond motifs is 1. The van der Waals surface area contributed by atoms with Gasteiger partial charge in [0.05, 0.1) is 19.2 Å². The van der Waals surface area contributed by atoms with E-state index in [0.717, 1.165) is 0 Å². The molecular weight excluding hydrogens is 437 g/mol. The molecule has 0 spiro atoms. The van der Waals surface area contributed by atoms with Crippen molar-refractivity contribution in [2.75, 3.05) is 20.0 Å². The summed E-state index contributed by atoms with van der Waals surface area (Å²) in [6.45, 7) is 1.74. The van der Waals surface area contributed by atoms with Crippen LogP contribution in [0.1, 0.15) is 48.5 Å². The van der Waals surface area contributed by atoms with E-state index in [2.05, 4.69) is 5.32 Å². The summed E-state index contributed by atoms with van der Waals surface area (Å²) in [6, 6.07) is 4.74. The smallest absolute Gasteiger partial charge is 0.534 e. The predicted molar refractivity (Wildman–Crippen MR) is 112 cm³/mol. The molecule has 0 aliphatic carbocycles. The number of nitrogens with one attached hydrogen (secondary N) is 1. The number of ketones is 1. The van der Waals surface area contributed by atoms with Gasteiger partial charge in [-0.3, -0.25) is 4.79 Å². The second-order valence-electron chi connectivity index (χ2n) is 7.76. The maximum atomic E-state index is 12.5. The molecule has 1 fully saturated rings. The summed E-state index contributed by atoms with van der Waals surface area (Å²) in [4.78, 5) is 47.2. The SMILES string of the molecule is CC(=O)CCC(=O)N[C@H]1Cc2cccc(C(=O)OCOC(=O)OC3CCOCC3)c2OB1O. The number of esters is 1. The number of Topliss-reactive ketones (excluding diaryl/α,β-unsaturated/α-hetero) is 1. The molecule has 1 aromatic rings. The van der Waals surface area contributed by atoms with E-state index in [1.807, 2.05) is 0 Å². The van der Waals surface area contributed by atoms with Gasteiger partial charge in [0.15, 0.2) is 0 Å². The number of para-hydroxylation sites is 1. The predicted octanol–water partition coefficient (Wildman–Crippen LogP) is 0.942. The molecule has 2 aliphatic heterocycles. The number of hydrogen-bond donors (Lipinski definition) is 2. The Bertz CT molecular complexity index is 886. The molecule has 2 N–H and O–H groups in total. The Morgan fingerprint density at radius 3 is 2.64 bits per heavy atom. The summed E-state index contributed by atoms with van der Waals surface area (Å²) in [7, 11) is -1.40. The van der Waals surface area contributed by atoms with Crippen LogP contribution in [0.5, 0.6) is 5.75 Å². The summed E-state index contributed by atoms with van der Waals surface area (Å²) in [6.07, 6.45) is 0.221. The highest BCUT2D eigenvalue weighted by molar-refractivity contribution is 6.47. The minimum absolute atomic E-state index is 0.00867. The molecule has 1 aromatic carbocycles. The number of ether oxygens (including phenoxy) is 4. The van der Waals surface area contributed by atoms with Crippen molar-refractivity contribution in [3.63, 3.8) is 0 Å². The Labute approximate surface area is 190 Å². The van der Waals surface area contributed by atoms with E-state index in [1.54, 1.807) is 12.1 Å². The van der Waals surface area contributed by atoms with Gasteiger partial charge < -0.3 is 38.7 Å². The first-order valence-corrected chi connectivity index (χ1v) is 10.7. The molecule has 0 saturated carbocycles. The van der Waals surface area contributed by atoms with Gasteiger partial charge in [0.25, 0.3) is 0 Å². The van der Waals surface area contributed by atoms with Crippen LogP contribution in [0, 0.1) is 0 Å². The fourth-order valence-electron chi connectivity index (χ4n) is 3.45. The van der Waals surface area contributed by atoms with Crippen molar-refractivity contribution >= 4 is 30.9 Å². The highest BCUT2D eigenvalue weighted by Gasteiger charge is 2.38. The Balaban J connectivity index is 1.52. The zero-order valence-electron chi connectivity index (χ0n) is 18.2.